The van der Waals surface area contributed by atoms with Crippen molar-refractivity contribution < 1.29 is 17.1 Å². The molecule has 0 nitrogen and oxygen atoms in total. The molecule has 0 saturated carbocycles. The van der Waals surface area contributed by atoms with Crippen molar-refractivity contribution in [3.63, 3.8) is 0 Å². The second kappa shape index (κ2) is 16.9. The quantitative estimate of drug-likeness (QED) is 0.419. The molecule has 0 atom stereocenters. The first-order valence-electron chi connectivity index (χ1n) is 5.31. The molecule has 0 unspecified atom stereocenters. The molecule has 0 N–H and O–H groups in total. The second-order valence-electron chi connectivity index (χ2n) is 2.97. The summed E-state index contributed by atoms with van der Waals surface area (Å²) in [7, 11) is 0. The van der Waals surface area contributed by atoms with Gasteiger partial charge in [0.25, 0.3) is 0 Å². The summed E-state index contributed by atoms with van der Waals surface area (Å²) in [5, 5.41) is 0. The Hall–Kier alpha value is -0.491. The molecule has 0 aliphatic rings. The van der Waals surface area contributed by atoms with Crippen molar-refractivity contribution in [3.8, 4) is 0 Å². The Balaban J connectivity index is 0. The summed E-state index contributed by atoms with van der Waals surface area (Å²) in [5.41, 5.74) is 0. The molecule has 2 rings (SSSR count). The van der Waals surface area contributed by atoms with E-state index in [0.29, 0.717) is 0 Å². The zero-order chi connectivity index (χ0) is 11.2. The summed E-state index contributed by atoms with van der Waals surface area (Å²) in [6.07, 6.45) is 2.37. The predicted octanol–water partition coefficient (Wildman–Crippen LogP) is 4.83. The monoisotopic (exact) mass is 278 g/mol. The third-order valence-electron chi connectivity index (χ3n) is 1.60. The summed E-state index contributed by atoms with van der Waals surface area (Å²) in [6.45, 7) is 2.13. The molecule has 2 aromatic rings. The fourth-order valence-electron chi connectivity index (χ4n) is 0.775. The van der Waals surface area contributed by atoms with Gasteiger partial charge < -0.3 is 30.3 Å². The van der Waals surface area contributed by atoms with Gasteiger partial charge in [0.05, 0.1) is 0 Å². The normalized spacial score (nSPS) is 7.62. The van der Waals surface area contributed by atoms with Gasteiger partial charge in [-0.1, -0.05) is 13.3 Å². The van der Waals surface area contributed by atoms with Gasteiger partial charge in [-0.25, -0.2) is 12.1 Å². The summed E-state index contributed by atoms with van der Waals surface area (Å²) in [5.74, 6) is 0.816. The minimum atomic E-state index is 0. The summed E-state index contributed by atoms with van der Waals surface area (Å²) in [4.78, 5) is 0. The van der Waals surface area contributed by atoms with E-state index in [2.05, 4.69) is 6.92 Å². The van der Waals surface area contributed by atoms with Gasteiger partial charge in [-0.3, -0.25) is 0 Å². The number of hydrogen-bond donors (Lipinski definition) is 0. The van der Waals surface area contributed by atoms with Gasteiger partial charge in [0.1, 0.15) is 0 Å². The van der Waals surface area contributed by atoms with Gasteiger partial charge in [0.2, 0.25) is 0 Å². The fraction of sp³-hybridized carbons (Fsp3) is 0.286. The van der Waals surface area contributed by atoms with Crippen LogP contribution < -0.4 is 0 Å². The van der Waals surface area contributed by atoms with E-state index in [4.69, 9.17) is 11.6 Å². The van der Waals surface area contributed by atoms with E-state index in [1.807, 2.05) is 60.7 Å². The standard InChI is InChI=1S/2C5H5.C4H9Cl.Fe/c2*1-2-4-5-3-1;1-2-3-4-5;/h2*1-5H;2-4H2,1H3;/q-5;-1;;. The topological polar surface area (TPSA) is 0 Å². The molecule has 0 saturated heterocycles. The minimum Gasteiger partial charge on any atom is -0.748 e. The summed E-state index contributed by atoms with van der Waals surface area (Å²) < 4.78 is 0. The molecule has 96 valence electrons. The second-order valence-corrected chi connectivity index (χ2v) is 3.35. The predicted molar refractivity (Wildman–Crippen MR) is 69.7 cm³/mol. The molecule has 0 aliphatic carbocycles. The first-order valence-corrected chi connectivity index (χ1v) is 5.84. The first-order chi connectivity index (χ1) is 7.41. The third kappa shape index (κ3) is 16.0. The van der Waals surface area contributed by atoms with E-state index >= 15 is 0 Å². The molecular formula is C14H19ClFe-6. The molecule has 0 radical (unpaired) electrons. The van der Waals surface area contributed by atoms with Crippen LogP contribution in [0.1, 0.15) is 19.8 Å². The molecular weight excluding hydrogens is 259 g/mol. The van der Waals surface area contributed by atoms with Crippen molar-refractivity contribution in [1.82, 2.24) is 0 Å². The van der Waals surface area contributed by atoms with Gasteiger partial charge >= 0.3 is 0 Å². The van der Waals surface area contributed by atoms with E-state index in [-0.39, 0.29) is 17.1 Å². The average Bonchev–Trinajstić information content (AvgIpc) is 2.99. The smallest absolute Gasteiger partial charge is 0.0223 e. The molecule has 0 spiro atoms. The molecule has 2 aromatic carbocycles. The van der Waals surface area contributed by atoms with Gasteiger partial charge in [-0.2, -0.15) is 18.2 Å². The largest absolute Gasteiger partial charge is 0.748 e. The molecule has 2 heteroatoms. The van der Waals surface area contributed by atoms with Gasteiger partial charge in [-0.05, 0) is 6.42 Å². The van der Waals surface area contributed by atoms with Crippen LogP contribution >= 0.6 is 11.6 Å². The van der Waals surface area contributed by atoms with E-state index in [0.717, 1.165) is 12.3 Å². The van der Waals surface area contributed by atoms with Crippen molar-refractivity contribution in [2.24, 2.45) is 0 Å². The number of alkyl halides is 1. The first kappa shape index (κ1) is 17.9. The molecule has 16 heavy (non-hydrogen) atoms. The minimum absolute atomic E-state index is 0. The Morgan fingerprint density at radius 2 is 1.38 bits per heavy atom. The van der Waals surface area contributed by atoms with Crippen molar-refractivity contribution in [1.29, 1.82) is 0 Å². The van der Waals surface area contributed by atoms with E-state index in [1.54, 1.807) is 0 Å². The number of hydrogen-bond acceptors (Lipinski definition) is 0. The van der Waals surface area contributed by atoms with Crippen LogP contribution in [-0.2, 0) is 17.1 Å². The molecule has 0 bridgehead atoms. The molecule has 0 aromatic heterocycles. The van der Waals surface area contributed by atoms with Crippen LogP contribution in [0.4, 0.5) is 0 Å². The third-order valence-corrected chi connectivity index (χ3v) is 1.87. The molecule has 0 heterocycles. The Bertz CT molecular complexity index is 185. The van der Waals surface area contributed by atoms with E-state index < -0.39 is 0 Å². The number of rotatable bonds is 2. The van der Waals surface area contributed by atoms with E-state index in [9.17, 15) is 0 Å². The summed E-state index contributed by atoms with van der Waals surface area (Å²) in [6, 6.07) is 20.0. The van der Waals surface area contributed by atoms with Crippen molar-refractivity contribution in [3.05, 3.63) is 60.7 Å². The zero-order valence-corrected chi connectivity index (χ0v) is 11.5. The van der Waals surface area contributed by atoms with Gasteiger partial charge in [-0.15, -0.1) is 11.6 Å². The van der Waals surface area contributed by atoms with Crippen LogP contribution in [0, 0.1) is 0 Å². The van der Waals surface area contributed by atoms with Crippen LogP contribution in [0.3, 0.4) is 0 Å². The van der Waals surface area contributed by atoms with Crippen LogP contribution in [0.2, 0.25) is 0 Å². The van der Waals surface area contributed by atoms with Gasteiger partial charge in [0, 0.05) is 22.9 Å². The summed E-state index contributed by atoms with van der Waals surface area (Å²) >= 11 is 5.30. The maximum absolute atomic E-state index is 5.30. The Kier molecular flexibility index (Phi) is 18.9. The van der Waals surface area contributed by atoms with Crippen LogP contribution in [0.5, 0.6) is 0 Å². The van der Waals surface area contributed by atoms with E-state index in [1.165, 1.54) is 6.42 Å². The van der Waals surface area contributed by atoms with Crippen LogP contribution in [0.15, 0.2) is 60.7 Å². The Morgan fingerprint density at radius 1 is 0.938 bits per heavy atom. The van der Waals surface area contributed by atoms with Crippen molar-refractivity contribution in [2.45, 2.75) is 19.8 Å². The average molecular weight is 279 g/mol. The molecule has 0 amide bonds. The van der Waals surface area contributed by atoms with Crippen molar-refractivity contribution in [2.75, 3.05) is 5.88 Å². The molecule has 0 aliphatic heterocycles. The van der Waals surface area contributed by atoms with Crippen LogP contribution in [0.25, 0.3) is 0 Å². The van der Waals surface area contributed by atoms with Crippen molar-refractivity contribution >= 4 is 11.6 Å². The van der Waals surface area contributed by atoms with Crippen LogP contribution in [-0.4, -0.2) is 5.88 Å². The van der Waals surface area contributed by atoms with Gasteiger partial charge in [0.15, 0.2) is 0 Å². The Morgan fingerprint density at radius 3 is 1.50 bits per heavy atom. The SMILES string of the molecule is CCCCCl.[Fe].[cH-]1[cH-][cH-][cH-][cH-]1.c1cc[cH-]c1. The maximum atomic E-state index is 5.30. The number of unbranched alkanes of at least 4 members (excludes halogenated alkanes) is 1. The maximum Gasteiger partial charge on any atom is 0.0223 e. The zero-order valence-electron chi connectivity index (χ0n) is 9.63. The fourth-order valence-corrected chi connectivity index (χ4v) is 1.04. The molecule has 0 fully saturated rings. The Labute approximate surface area is 115 Å². The number of halogens is 1.